The molecule has 0 aliphatic rings. The van der Waals surface area contributed by atoms with Gasteiger partial charge >= 0.3 is 0 Å². The first-order valence-corrected chi connectivity index (χ1v) is 7.52. The molecule has 0 fully saturated rings. The van der Waals surface area contributed by atoms with E-state index in [9.17, 15) is 4.79 Å². The highest BCUT2D eigenvalue weighted by Gasteiger charge is 2.03. The van der Waals surface area contributed by atoms with Gasteiger partial charge in [0.1, 0.15) is 0 Å². The Morgan fingerprint density at radius 3 is 2.75 bits per heavy atom. The van der Waals surface area contributed by atoms with Gasteiger partial charge in [-0.05, 0) is 37.7 Å². The number of nitrogens with one attached hydrogen (secondary N) is 2. The molecule has 0 aliphatic heterocycles. The minimum Gasteiger partial charge on any atom is -0.325 e. The summed E-state index contributed by atoms with van der Waals surface area (Å²) in [7, 11) is 0. The molecule has 2 N–H and O–H groups in total. The molecule has 0 aromatic heterocycles. The summed E-state index contributed by atoms with van der Waals surface area (Å²) in [4.78, 5) is 14.1. The summed E-state index contributed by atoms with van der Waals surface area (Å²) in [6, 6.07) is 7.15. The van der Waals surface area contributed by atoms with Crippen LogP contribution in [0.2, 0.25) is 5.02 Å². The smallest absolute Gasteiger partial charge is 0.238 e. The second-order valence-electron chi connectivity index (χ2n) is 4.67. The number of hydrogen-bond donors (Lipinski definition) is 2. The lowest BCUT2D eigenvalue weighted by Gasteiger charge is -2.19. The molecular formula is C15H24ClN3O. The van der Waals surface area contributed by atoms with Crippen molar-refractivity contribution < 1.29 is 4.79 Å². The van der Waals surface area contributed by atoms with E-state index < -0.39 is 0 Å². The fraction of sp³-hybridized carbons (Fsp3) is 0.533. The second-order valence-corrected chi connectivity index (χ2v) is 5.11. The van der Waals surface area contributed by atoms with Crippen LogP contribution in [0.5, 0.6) is 0 Å². The fourth-order valence-electron chi connectivity index (χ4n) is 1.95. The first-order chi connectivity index (χ1) is 9.65. The summed E-state index contributed by atoms with van der Waals surface area (Å²) in [5, 5.41) is 6.59. The lowest BCUT2D eigenvalue weighted by atomic mass is 10.3. The van der Waals surface area contributed by atoms with E-state index >= 15 is 0 Å². The zero-order valence-corrected chi connectivity index (χ0v) is 13.0. The predicted octanol–water partition coefficient (Wildman–Crippen LogP) is 2.60. The summed E-state index contributed by atoms with van der Waals surface area (Å²) in [6.07, 6.45) is 1.16. The Morgan fingerprint density at radius 1 is 1.30 bits per heavy atom. The molecule has 1 aromatic rings. The Kier molecular flexibility index (Phi) is 8.26. The second kappa shape index (κ2) is 9.75. The van der Waals surface area contributed by atoms with Gasteiger partial charge in [-0.1, -0.05) is 31.5 Å². The van der Waals surface area contributed by atoms with Crippen molar-refractivity contribution >= 4 is 23.2 Å². The summed E-state index contributed by atoms with van der Waals surface area (Å²) in [6.45, 7) is 8.58. The van der Waals surface area contributed by atoms with E-state index in [4.69, 9.17) is 11.6 Å². The van der Waals surface area contributed by atoms with Gasteiger partial charge in [-0.25, -0.2) is 0 Å². The number of amides is 1. The maximum Gasteiger partial charge on any atom is 0.238 e. The van der Waals surface area contributed by atoms with E-state index in [0.29, 0.717) is 11.6 Å². The van der Waals surface area contributed by atoms with Gasteiger partial charge < -0.3 is 15.5 Å². The van der Waals surface area contributed by atoms with Crippen molar-refractivity contribution in [1.29, 1.82) is 0 Å². The molecule has 1 amide bonds. The van der Waals surface area contributed by atoms with E-state index in [0.717, 1.165) is 38.3 Å². The lowest BCUT2D eigenvalue weighted by Crippen LogP contribution is -2.36. The zero-order chi connectivity index (χ0) is 14.8. The van der Waals surface area contributed by atoms with Gasteiger partial charge in [0.2, 0.25) is 5.91 Å². The van der Waals surface area contributed by atoms with E-state index in [2.05, 4.69) is 29.4 Å². The Bertz CT molecular complexity index is 412. The van der Waals surface area contributed by atoms with E-state index in [-0.39, 0.29) is 5.91 Å². The summed E-state index contributed by atoms with van der Waals surface area (Å²) in [5.74, 6) is -0.0502. The number of benzene rings is 1. The molecule has 0 unspecified atom stereocenters. The SMILES string of the molecule is CCCN(CC)CCNCC(=O)Nc1cccc(Cl)c1. The zero-order valence-electron chi connectivity index (χ0n) is 12.3. The van der Waals surface area contributed by atoms with E-state index in [1.807, 2.05) is 12.1 Å². The maximum absolute atomic E-state index is 11.7. The number of hydrogen-bond acceptors (Lipinski definition) is 3. The third-order valence-electron chi connectivity index (χ3n) is 2.99. The number of anilines is 1. The third kappa shape index (κ3) is 6.89. The largest absolute Gasteiger partial charge is 0.325 e. The highest BCUT2D eigenvalue weighted by molar-refractivity contribution is 6.30. The molecule has 0 atom stereocenters. The highest BCUT2D eigenvalue weighted by atomic mass is 35.5. The molecule has 0 radical (unpaired) electrons. The Balaban J connectivity index is 2.20. The van der Waals surface area contributed by atoms with Crippen molar-refractivity contribution in [2.45, 2.75) is 20.3 Å². The van der Waals surface area contributed by atoms with Crippen molar-refractivity contribution in [3.05, 3.63) is 29.3 Å². The molecular weight excluding hydrogens is 274 g/mol. The van der Waals surface area contributed by atoms with Gasteiger partial charge in [-0.15, -0.1) is 0 Å². The molecule has 0 saturated carbocycles. The molecule has 1 rings (SSSR count). The monoisotopic (exact) mass is 297 g/mol. The van der Waals surface area contributed by atoms with Gasteiger partial charge in [0.05, 0.1) is 6.54 Å². The lowest BCUT2D eigenvalue weighted by molar-refractivity contribution is -0.115. The Labute approximate surface area is 126 Å². The number of nitrogens with zero attached hydrogens (tertiary/aromatic N) is 1. The van der Waals surface area contributed by atoms with Crippen LogP contribution >= 0.6 is 11.6 Å². The molecule has 20 heavy (non-hydrogen) atoms. The molecule has 0 spiro atoms. The number of rotatable bonds is 9. The standard InChI is InChI=1S/C15H24ClN3O/c1-3-9-19(4-2)10-8-17-12-15(20)18-14-7-5-6-13(16)11-14/h5-7,11,17H,3-4,8-10,12H2,1-2H3,(H,18,20). The summed E-state index contributed by atoms with van der Waals surface area (Å²) < 4.78 is 0. The minimum atomic E-state index is -0.0502. The molecule has 1 aromatic carbocycles. The topological polar surface area (TPSA) is 44.4 Å². The first kappa shape index (κ1) is 17.0. The minimum absolute atomic E-state index is 0.0502. The molecule has 4 nitrogen and oxygen atoms in total. The van der Waals surface area contributed by atoms with Gasteiger partial charge in [-0.3, -0.25) is 4.79 Å². The first-order valence-electron chi connectivity index (χ1n) is 7.14. The number of likely N-dealkylation sites (N-methyl/N-ethyl adjacent to an activating group) is 1. The van der Waals surface area contributed by atoms with Crippen molar-refractivity contribution in [2.75, 3.05) is 38.0 Å². The summed E-state index contributed by atoms with van der Waals surface area (Å²) >= 11 is 5.86. The van der Waals surface area contributed by atoms with Crippen LogP contribution in [-0.2, 0) is 4.79 Å². The predicted molar refractivity (Wildman–Crippen MR) is 85.4 cm³/mol. The van der Waals surface area contributed by atoms with Crippen LogP contribution in [0.4, 0.5) is 5.69 Å². The van der Waals surface area contributed by atoms with Crippen LogP contribution < -0.4 is 10.6 Å². The highest BCUT2D eigenvalue weighted by Crippen LogP contribution is 2.14. The van der Waals surface area contributed by atoms with Crippen LogP contribution in [0.15, 0.2) is 24.3 Å². The molecule has 112 valence electrons. The van der Waals surface area contributed by atoms with E-state index in [1.165, 1.54) is 0 Å². The molecule has 0 bridgehead atoms. The van der Waals surface area contributed by atoms with Gasteiger partial charge in [-0.2, -0.15) is 0 Å². The maximum atomic E-state index is 11.7. The van der Waals surface area contributed by atoms with Crippen molar-refractivity contribution in [2.24, 2.45) is 0 Å². The Hall–Kier alpha value is -1.10. The molecule has 0 saturated heterocycles. The third-order valence-corrected chi connectivity index (χ3v) is 3.22. The van der Waals surface area contributed by atoms with E-state index in [1.54, 1.807) is 12.1 Å². The van der Waals surface area contributed by atoms with Crippen molar-refractivity contribution in [3.8, 4) is 0 Å². The quantitative estimate of drug-likeness (QED) is 0.689. The molecule has 0 heterocycles. The van der Waals surface area contributed by atoms with Crippen LogP contribution in [0.1, 0.15) is 20.3 Å². The number of carbonyl (C=O) groups is 1. The average Bonchev–Trinajstić information content (AvgIpc) is 2.42. The van der Waals surface area contributed by atoms with Crippen LogP contribution in [0.3, 0.4) is 0 Å². The van der Waals surface area contributed by atoms with Crippen molar-refractivity contribution in [1.82, 2.24) is 10.2 Å². The van der Waals surface area contributed by atoms with Crippen LogP contribution in [0, 0.1) is 0 Å². The van der Waals surface area contributed by atoms with Crippen molar-refractivity contribution in [3.63, 3.8) is 0 Å². The van der Waals surface area contributed by atoms with Gasteiger partial charge in [0, 0.05) is 23.8 Å². The molecule has 0 aliphatic carbocycles. The van der Waals surface area contributed by atoms with Crippen LogP contribution in [-0.4, -0.2) is 43.5 Å². The van der Waals surface area contributed by atoms with Gasteiger partial charge in [0.15, 0.2) is 0 Å². The van der Waals surface area contributed by atoms with Crippen LogP contribution in [0.25, 0.3) is 0 Å². The Morgan fingerprint density at radius 2 is 2.10 bits per heavy atom. The van der Waals surface area contributed by atoms with Gasteiger partial charge in [0.25, 0.3) is 0 Å². The fourth-order valence-corrected chi connectivity index (χ4v) is 2.15. The number of carbonyl (C=O) groups excluding carboxylic acids is 1. The number of halogens is 1. The normalized spacial score (nSPS) is 10.8. The summed E-state index contributed by atoms with van der Waals surface area (Å²) in [5.41, 5.74) is 0.727. The average molecular weight is 298 g/mol. The molecule has 5 heteroatoms.